The molecular formula is C26H23N3O3S. The number of carbonyl (C=O) groups excluding carboxylic acids is 3. The zero-order valence-electron chi connectivity index (χ0n) is 18.2. The molecule has 3 aromatic rings. The van der Waals surface area contributed by atoms with E-state index in [-0.39, 0.29) is 30.0 Å². The van der Waals surface area contributed by atoms with Crippen molar-refractivity contribution in [3.63, 3.8) is 0 Å². The van der Waals surface area contributed by atoms with Gasteiger partial charge in [-0.1, -0.05) is 60.7 Å². The highest BCUT2D eigenvalue weighted by atomic mass is 32.2. The van der Waals surface area contributed by atoms with Gasteiger partial charge in [-0.25, -0.2) is 0 Å². The van der Waals surface area contributed by atoms with Crippen LogP contribution in [0.1, 0.15) is 16.7 Å². The van der Waals surface area contributed by atoms with E-state index in [1.54, 1.807) is 4.90 Å². The lowest BCUT2D eigenvalue weighted by molar-refractivity contribution is -0.125. The van der Waals surface area contributed by atoms with E-state index in [0.717, 1.165) is 16.7 Å². The molecule has 2 heterocycles. The fourth-order valence-corrected chi connectivity index (χ4v) is 5.83. The first-order chi connectivity index (χ1) is 16.0. The molecule has 7 heteroatoms. The van der Waals surface area contributed by atoms with E-state index in [0.29, 0.717) is 17.9 Å². The molecule has 1 saturated heterocycles. The van der Waals surface area contributed by atoms with Gasteiger partial charge in [0.15, 0.2) is 0 Å². The number of fused-ring (bicyclic) bond motifs is 2. The van der Waals surface area contributed by atoms with Crippen molar-refractivity contribution in [1.29, 1.82) is 0 Å². The average Bonchev–Trinajstić information content (AvgIpc) is 3.29. The van der Waals surface area contributed by atoms with Gasteiger partial charge in [-0.3, -0.25) is 24.2 Å². The maximum atomic E-state index is 13.9. The van der Waals surface area contributed by atoms with Gasteiger partial charge in [0.25, 0.3) is 5.91 Å². The minimum atomic E-state index is -1.21. The van der Waals surface area contributed by atoms with Crippen LogP contribution in [0.25, 0.3) is 0 Å². The summed E-state index contributed by atoms with van der Waals surface area (Å²) in [7, 11) is 0. The Bertz CT molecular complexity index is 1250. The molecule has 6 nitrogen and oxygen atoms in total. The van der Waals surface area contributed by atoms with E-state index in [1.807, 2.05) is 85.8 Å². The number of aryl methyl sites for hydroxylation is 1. The average molecular weight is 458 g/mol. The highest BCUT2D eigenvalue weighted by Crippen LogP contribution is 2.55. The highest BCUT2D eigenvalue weighted by Gasteiger charge is 2.61. The van der Waals surface area contributed by atoms with Crippen LogP contribution < -0.4 is 15.1 Å². The number of nitrogens with one attached hydrogen (secondary N) is 1. The van der Waals surface area contributed by atoms with Crippen LogP contribution in [0.15, 0.2) is 78.9 Å². The molecule has 2 aliphatic rings. The normalized spacial score (nSPS) is 19.3. The zero-order chi connectivity index (χ0) is 23.0. The number of thioether (sulfide) groups is 1. The molecule has 33 heavy (non-hydrogen) atoms. The summed E-state index contributed by atoms with van der Waals surface area (Å²) in [5.41, 5.74) is 4.07. The number of amides is 3. The van der Waals surface area contributed by atoms with Crippen LogP contribution in [-0.2, 0) is 25.8 Å². The molecule has 166 valence electrons. The van der Waals surface area contributed by atoms with Gasteiger partial charge in [0.05, 0.1) is 11.4 Å². The lowest BCUT2D eigenvalue weighted by Gasteiger charge is -2.33. The number of rotatable bonds is 5. The smallest absolute Gasteiger partial charge is 0.269 e. The molecule has 1 atom stereocenters. The third kappa shape index (κ3) is 3.58. The maximum Gasteiger partial charge on any atom is 0.269 e. The molecule has 0 saturated carbocycles. The van der Waals surface area contributed by atoms with Gasteiger partial charge in [0.1, 0.15) is 6.54 Å². The molecule has 5 rings (SSSR count). The Morgan fingerprint density at radius 1 is 1.00 bits per heavy atom. The molecule has 3 amide bonds. The Kier molecular flexibility index (Phi) is 5.42. The number of carbonyl (C=O) groups is 3. The van der Waals surface area contributed by atoms with E-state index in [4.69, 9.17) is 0 Å². The second kappa shape index (κ2) is 8.41. The number of anilines is 2. The lowest BCUT2D eigenvalue weighted by Crippen LogP contribution is -2.51. The summed E-state index contributed by atoms with van der Waals surface area (Å²) in [5.74, 6) is -0.447. The first-order valence-electron chi connectivity index (χ1n) is 10.8. The van der Waals surface area contributed by atoms with Crippen LogP contribution in [0, 0.1) is 6.92 Å². The fraction of sp³-hybridized carbons (Fsp3) is 0.192. The summed E-state index contributed by atoms with van der Waals surface area (Å²) in [6.45, 7) is 2.23. The SMILES string of the molecule is Cc1cccc(N2C(=O)CS[C@@]23C(=O)N(CC(=O)NCc2ccccc2)c2ccccc23)c1. The van der Waals surface area contributed by atoms with Crippen LogP contribution in [0.3, 0.4) is 0 Å². The summed E-state index contributed by atoms with van der Waals surface area (Å²) >= 11 is 1.31. The molecule has 0 radical (unpaired) electrons. The van der Waals surface area contributed by atoms with E-state index in [2.05, 4.69) is 5.32 Å². The van der Waals surface area contributed by atoms with Gasteiger partial charge in [-0.05, 0) is 36.2 Å². The van der Waals surface area contributed by atoms with E-state index >= 15 is 0 Å². The van der Waals surface area contributed by atoms with Crippen LogP contribution >= 0.6 is 11.8 Å². The van der Waals surface area contributed by atoms with Gasteiger partial charge >= 0.3 is 0 Å². The molecule has 0 unspecified atom stereocenters. The lowest BCUT2D eigenvalue weighted by atomic mass is 10.0. The number of para-hydroxylation sites is 1. The molecular weight excluding hydrogens is 434 g/mol. The van der Waals surface area contributed by atoms with E-state index in [9.17, 15) is 14.4 Å². The van der Waals surface area contributed by atoms with Crippen molar-refractivity contribution in [2.24, 2.45) is 0 Å². The molecule has 1 fully saturated rings. The number of nitrogens with zero attached hydrogens (tertiary/aromatic N) is 2. The topological polar surface area (TPSA) is 69.7 Å². The summed E-state index contributed by atoms with van der Waals surface area (Å²) in [5, 5.41) is 2.90. The second-order valence-electron chi connectivity index (χ2n) is 8.17. The minimum Gasteiger partial charge on any atom is -0.350 e. The summed E-state index contributed by atoms with van der Waals surface area (Å²) < 4.78 is 0. The molecule has 0 bridgehead atoms. The molecule has 1 spiro atoms. The first-order valence-corrected chi connectivity index (χ1v) is 11.7. The molecule has 3 aromatic carbocycles. The maximum absolute atomic E-state index is 13.9. The Balaban J connectivity index is 1.47. The summed E-state index contributed by atoms with van der Waals surface area (Å²) in [4.78, 5) is 41.7. The van der Waals surface area contributed by atoms with Crippen LogP contribution in [0.2, 0.25) is 0 Å². The van der Waals surface area contributed by atoms with Crippen LogP contribution in [0.4, 0.5) is 11.4 Å². The largest absolute Gasteiger partial charge is 0.350 e. The van der Waals surface area contributed by atoms with Crippen molar-refractivity contribution >= 4 is 40.9 Å². The Hall–Kier alpha value is -3.58. The van der Waals surface area contributed by atoms with Crippen molar-refractivity contribution in [1.82, 2.24) is 5.32 Å². The van der Waals surface area contributed by atoms with E-state index in [1.165, 1.54) is 16.7 Å². The van der Waals surface area contributed by atoms with Crippen LogP contribution in [-0.4, -0.2) is 30.0 Å². The predicted molar refractivity (Wildman–Crippen MR) is 130 cm³/mol. The van der Waals surface area contributed by atoms with Crippen LogP contribution in [0.5, 0.6) is 0 Å². The van der Waals surface area contributed by atoms with Gasteiger partial charge in [0, 0.05) is 17.8 Å². The van der Waals surface area contributed by atoms with Gasteiger partial charge in [0.2, 0.25) is 16.7 Å². The first kappa shape index (κ1) is 21.3. The molecule has 2 aliphatic heterocycles. The monoisotopic (exact) mass is 457 g/mol. The Morgan fingerprint density at radius 3 is 2.55 bits per heavy atom. The van der Waals surface area contributed by atoms with Gasteiger partial charge in [-0.15, -0.1) is 11.8 Å². The molecule has 0 aromatic heterocycles. The zero-order valence-corrected chi connectivity index (χ0v) is 19.0. The Labute approximate surface area is 196 Å². The molecule has 0 aliphatic carbocycles. The summed E-state index contributed by atoms with van der Waals surface area (Å²) in [6.07, 6.45) is 0. The fourth-order valence-electron chi connectivity index (χ4n) is 4.48. The standard InChI is InChI=1S/C26H23N3O3S/c1-18-8-7-11-20(14-18)29-24(31)17-33-26(29)21-12-5-6-13-22(21)28(25(26)32)16-23(30)27-15-19-9-3-2-4-10-19/h2-14H,15-17H2,1H3,(H,27,30)/t26-/m0/s1. The molecule has 1 N–H and O–H groups in total. The predicted octanol–water partition coefficient (Wildman–Crippen LogP) is 3.59. The highest BCUT2D eigenvalue weighted by molar-refractivity contribution is 8.02. The number of hydrogen-bond donors (Lipinski definition) is 1. The summed E-state index contributed by atoms with van der Waals surface area (Å²) in [6, 6.07) is 24.7. The third-order valence-electron chi connectivity index (χ3n) is 5.96. The number of hydrogen-bond acceptors (Lipinski definition) is 4. The second-order valence-corrected chi connectivity index (χ2v) is 9.34. The third-order valence-corrected chi connectivity index (χ3v) is 7.34. The van der Waals surface area contributed by atoms with Crippen molar-refractivity contribution in [2.45, 2.75) is 18.3 Å². The van der Waals surface area contributed by atoms with Gasteiger partial charge in [-0.2, -0.15) is 0 Å². The Morgan fingerprint density at radius 2 is 1.76 bits per heavy atom. The van der Waals surface area contributed by atoms with Crippen molar-refractivity contribution in [3.8, 4) is 0 Å². The quantitative estimate of drug-likeness (QED) is 0.636. The van der Waals surface area contributed by atoms with Crippen molar-refractivity contribution in [3.05, 3.63) is 95.6 Å². The van der Waals surface area contributed by atoms with Crippen molar-refractivity contribution < 1.29 is 14.4 Å². The van der Waals surface area contributed by atoms with E-state index < -0.39 is 4.87 Å². The minimum absolute atomic E-state index is 0.110. The van der Waals surface area contributed by atoms with Crippen molar-refractivity contribution in [2.75, 3.05) is 22.1 Å². The number of benzene rings is 3. The van der Waals surface area contributed by atoms with Gasteiger partial charge < -0.3 is 5.32 Å².